The van der Waals surface area contributed by atoms with E-state index in [-0.39, 0.29) is 0 Å². The van der Waals surface area contributed by atoms with Gasteiger partial charge in [0.25, 0.3) is 0 Å². The van der Waals surface area contributed by atoms with Crippen molar-refractivity contribution in [3.63, 3.8) is 0 Å². The number of nitrogens with zero attached hydrogens (tertiary/aromatic N) is 1. The Bertz CT molecular complexity index is 65.9. The van der Waals surface area contributed by atoms with Crippen molar-refractivity contribution in [3.05, 3.63) is 0 Å². The van der Waals surface area contributed by atoms with Gasteiger partial charge in [0.1, 0.15) is 0 Å². The Kier molecular flexibility index (Phi) is 2.97. The summed E-state index contributed by atoms with van der Waals surface area (Å²) in [5, 5.41) is 10.9. The van der Waals surface area contributed by atoms with Crippen LogP contribution in [0, 0.1) is 0 Å². The number of hydrogen-bond donors (Lipinski definition) is 2. The van der Waals surface area contributed by atoms with Crippen LogP contribution in [0.3, 0.4) is 0 Å². The minimum absolute atomic E-state index is 0.365. The molecule has 1 aliphatic rings. The Morgan fingerprint density at radius 3 is 3.22 bits per heavy atom. The predicted molar refractivity (Wildman–Crippen MR) is 37.3 cm³/mol. The molecule has 9 heavy (non-hydrogen) atoms. The van der Waals surface area contributed by atoms with E-state index in [0.29, 0.717) is 6.17 Å². The van der Waals surface area contributed by atoms with Crippen molar-refractivity contribution in [3.8, 4) is 0 Å². The molecule has 1 heterocycles. The number of rotatable bonds is 2. The second kappa shape index (κ2) is 3.82. The molecule has 53 valence electrons. The third-order valence-corrected chi connectivity index (χ3v) is 1.42. The van der Waals surface area contributed by atoms with E-state index in [4.69, 9.17) is 0 Å². The van der Waals surface area contributed by atoms with E-state index in [2.05, 4.69) is 22.9 Å². The van der Waals surface area contributed by atoms with Crippen molar-refractivity contribution in [2.45, 2.75) is 13.1 Å². The molecular formula is C6H14N3. The molecule has 1 saturated heterocycles. The summed E-state index contributed by atoms with van der Waals surface area (Å²) in [4.78, 5) is 0. The Morgan fingerprint density at radius 2 is 2.67 bits per heavy atom. The van der Waals surface area contributed by atoms with E-state index < -0.39 is 0 Å². The Labute approximate surface area is 56.2 Å². The molecule has 3 heteroatoms. The Morgan fingerprint density at radius 1 is 1.78 bits per heavy atom. The molecule has 2 N–H and O–H groups in total. The molecule has 0 aromatic rings. The molecule has 1 fully saturated rings. The van der Waals surface area contributed by atoms with Crippen LogP contribution < -0.4 is 16.0 Å². The number of hydrogen-bond acceptors (Lipinski definition) is 2. The lowest BCUT2D eigenvalue weighted by Gasteiger charge is -2.22. The zero-order valence-electron chi connectivity index (χ0n) is 5.85. The third kappa shape index (κ3) is 2.30. The van der Waals surface area contributed by atoms with Crippen molar-refractivity contribution in [2.24, 2.45) is 0 Å². The van der Waals surface area contributed by atoms with Crippen LogP contribution in [-0.2, 0) is 0 Å². The maximum absolute atomic E-state index is 4.35. The van der Waals surface area contributed by atoms with Gasteiger partial charge in [0.15, 0.2) is 0 Å². The summed E-state index contributed by atoms with van der Waals surface area (Å²) >= 11 is 0. The first-order valence-corrected chi connectivity index (χ1v) is 3.54. The predicted octanol–water partition coefficient (Wildman–Crippen LogP) is -0.870. The van der Waals surface area contributed by atoms with Gasteiger partial charge < -0.3 is 5.32 Å². The summed E-state index contributed by atoms with van der Waals surface area (Å²) in [7, 11) is 0. The molecule has 1 radical (unpaired) electrons. The summed E-state index contributed by atoms with van der Waals surface area (Å²) in [5.41, 5.74) is 0. The largest absolute Gasteiger partial charge is 0.312 e. The van der Waals surface area contributed by atoms with Gasteiger partial charge in [-0.05, 0) is 6.54 Å². The smallest absolute Gasteiger partial charge is 0.0862 e. The average molecular weight is 128 g/mol. The Hall–Kier alpha value is -0.120. The molecule has 0 saturated carbocycles. The van der Waals surface area contributed by atoms with Gasteiger partial charge in [-0.2, -0.15) is 0 Å². The van der Waals surface area contributed by atoms with Gasteiger partial charge >= 0.3 is 0 Å². The monoisotopic (exact) mass is 128 g/mol. The molecular weight excluding hydrogens is 114 g/mol. The highest BCUT2D eigenvalue weighted by Crippen LogP contribution is 1.82. The SMILES string of the molecule is CCNC1CNCC[N]1. The highest BCUT2D eigenvalue weighted by Gasteiger charge is 2.09. The van der Waals surface area contributed by atoms with Gasteiger partial charge in [-0.25, -0.2) is 5.32 Å². The summed E-state index contributed by atoms with van der Waals surface area (Å²) in [6.07, 6.45) is 0.365. The minimum atomic E-state index is 0.365. The van der Waals surface area contributed by atoms with Crippen molar-refractivity contribution in [1.29, 1.82) is 0 Å². The molecule has 1 rings (SSSR count). The molecule has 0 amide bonds. The Balaban J connectivity index is 2.08. The molecule has 0 spiro atoms. The summed E-state index contributed by atoms with van der Waals surface area (Å²) in [6, 6.07) is 0. The number of piperazine rings is 1. The van der Waals surface area contributed by atoms with Crippen LogP contribution in [0.4, 0.5) is 0 Å². The summed E-state index contributed by atoms with van der Waals surface area (Å²) in [6.45, 7) is 6.10. The van der Waals surface area contributed by atoms with E-state index in [9.17, 15) is 0 Å². The normalized spacial score (nSPS) is 28.3. The van der Waals surface area contributed by atoms with Gasteiger partial charge in [0.2, 0.25) is 0 Å². The first kappa shape index (κ1) is 6.99. The third-order valence-electron chi connectivity index (χ3n) is 1.42. The van der Waals surface area contributed by atoms with Crippen molar-refractivity contribution in [1.82, 2.24) is 16.0 Å². The second-order valence-electron chi connectivity index (χ2n) is 2.18. The van der Waals surface area contributed by atoms with Gasteiger partial charge in [-0.1, -0.05) is 6.92 Å². The highest BCUT2D eigenvalue weighted by molar-refractivity contribution is 4.71. The van der Waals surface area contributed by atoms with Crippen LogP contribution in [0.15, 0.2) is 0 Å². The lowest BCUT2D eigenvalue weighted by atomic mass is 10.3. The van der Waals surface area contributed by atoms with Crippen molar-refractivity contribution in [2.75, 3.05) is 26.2 Å². The van der Waals surface area contributed by atoms with Crippen LogP contribution in [-0.4, -0.2) is 32.3 Å². The van der Waals surface area contributed by atoms with E-state index in [1.54, 1.807) is 0 Å². The van der Waals surface area contributed by atoms with Crippen LogP contribution in [0.25, 0.3) is 0 Å². The zero-order chi connectivity index (χ0) is 6.53. The van der Waals surface area contributed by atoms with Gasteiger partial charge in [0.05, 0.1) is 6.17 Å². The van der Waals surface area contributed by atoms with Gasteiger partial charge in [-0.3, -0.25) is 5.32 Å². The molecule has 3 nitrogen and oxygen atoms in total. The molecule has 1 unspecified atom stereocenters. The molecule has 0 bridgehead atoms. The molecule has 0 aromatic carbocycles. The topological polar surface area (TPSA) is 38.2 Å². The lowest BCUT2D eigenvalue weighted by Crippen LogP contribution is -2.51. The summed E-state index contributed by atoms with van der Waals surface area (Å²) < 4.78 is 0. The zero-order valence-corrected chi connectivity index (χ0v) is 5.85. The highest BCUT2D eigenvalue weighted by atomic mass is 15.2. The molecule has 0 aliphatic carbocycles. The van der Waals surface area contributed by atoms with E-state index in [0.717, 1.165) is 26.2 Å². The fraction of sp³-hybridized carbons (Fsp3) is 1.00. The van der Waals surface area contributed by atoms with E-state index >= 15 is 0 Å². The van der Waals surface area contributed by atoms with Crippen molar-refractivity contribution < 1.29 is 0 Å². The number of likely N-dealkylation sites (N-methyl/N-ethyl adjacent to an activating group) is 1. The fourth-order valence-electron chi connectivity index (χ4n) is 0.975. The van der Waals surface area contributed by atoms with Crippen LogP contribution in [0.2, 0.25) is 0 Å². The second-order valence-corrected chi connectivity index (χ2v) is 2.18. The fourth-order valence-corrected chi connectivity index (χ4v) is 0.975. The average Bonchev–Trinajstić information content (AvgIpc) is 1.91. The molecule has 1 atom stereocenters. The van der Waals surface area contributed by atoms with E-state index in [1.807, 2.05) is 0 Å². The first-order chi connectivity index (χ1) is 4.43. The van der Waals surface area contributed by atoms with Gasteiger partial charge in [0, 0.05) is 19.6 Å². The van der Waals surface area contributed by atoms with Crippen LogP contribution in [0.5, 0.6) is 0 Å². The maximum Gasteiger partial charge on any atom is 0.0862 e. The standard InChI is InChI=1S/C6H14N3/c1-2-8-6-5-7-3-4-9-6/h6-8H,2-5H2,1H3. The van der Waals surface area contributed by atoms with Crippen LogP contribution >= 0.6 is 0 Å². The van der Waals surface area contributed by atoms with Crippen molar-refractivity contribution >= 4 is 0 Å². The molecule has 1 aliphatic heterocycles. The molecule has 0 aromatic heterocycles. The van der Waals surface area contributed by atoms with Crippen LogP contribution in [0.1, 0.15) is 6.92 Å². The first-order valence-electron chi connectivity index (χ1n) is 3.54. The number of nitrogens with one attached hydrogen (secondary N) is 2. The maximum atomic E-state index is 4.35. The quantitative estimate of drug-likeness (QED) is 0.507. The minimum Gasteiger partial charge on any atom is -0.312 e. The van der Waals surface area contributed by atoms with Gasteiger partial charge in [-0.15, -0.1) is 0 Å². The lowest BCUT2D eigenvalue weighted by molar-refractivity contribution is 0.359. The van der Waals surface area contributed by atoms with E-state index in [1.165, 1.54) is 0 Å². The summed E-state index contributed by atoms with van der Waals surface area (Å²) in [5.74, 6) is 0.